The molecule has 0 saturated heterocycles. The maximum atomic E-state index is 11.2. The van der Waals surface area contributed by atoms with Crippen LogP contribution in [0.2, 0.25) is 0 Å². The molecule has 4 aliphatic carbocycles. The number of fused-ring (bicyclic) bond motifs is 1. The second kappa shape index (κ2) is 5.04. The van der Waals surface area contributed by atoms with Crippen molar-refractivity contribution in [1.82, 2.24) is 0 Å². The lowest BCUT2D eigenvalue weighted by atomic mass is 9.63. The van der Waals surface area contributed by atoms with Gasteiger partial charge in [0.25, 0.3) is 20.2 Å². The quantitative estimate of drug-likeness (QED) is 0.522. The van der Waals surface area contributed by atoms with Gasteiger partial charge in [-0.15, -0.1) is 0 Å². The van der Waals surface area contributed by atoms with Gasteiger partial charge in [0.2, 0.25) is 0 Å². The summed E-state index contributed by atoms with van der Waals surface area (Å²) in [6.45, 7) is 0.205. The maximum Gasteiger partial charge on any atom is 0.264 e. The molecule has 0 radical (unpaired) electrons. The Morgan fingerprint density at radius 3 is 1.57 bits per heavy atom. The maximum absolute atomic E-state index is 11.2. The molecule has 2 fully saturated rings. The zero-order chi connectivity index (χ0) is 15.4. The highest BCUT2D eigenvalue weighted by Gasteiger charge is 2.59. The Hall–Kier alpha value is -0.440. The van der Waals surface area contributed by atoms with Crippen LogP contribution in [0.15, 0.2) is 12.2 Å². The van der Waals surface area contributed by atoms with Crippen molar-refractivity contribution in [1.29, 1.82) is 0 Å². The Morgan fingerprint density at radius 2 is 1.24 bits per heavy atom. The molecule has 0 aliphatic heterocycles. The van der Waals surface area contributed by atoms with Gasteiger partial charge in [0.05, 0.1) is 25.7 Å². The average Bonchev–Trinajstić information content (AvgIpc) is 3.13. The van der Waals surface area contributed by atoms with Crippen molar-refractivity contribution >= 4 is 20.2 Å². The zero-order valence-electron chi connectivity index (χ0n) is 12.0. The SMILES string of the molecule is CS(=O)(=O)OC[C@H]1[C@@H]2C=C[C@@H]([C@H]3C[C@H]23)[C@@H]1COS(C)(=O)=O. The first-order chi connectivity index (χ1) is 9.66. The van der Waals surface area contributed by atoms with E-state index in [2.05, 4.69) is 12.2 Å². The van der Waals surface area contributed by atoms with Gasteiger partial charge in [-0.25, -0.2) is 0 Å². The summed E-state index contributed by atoms with van der Waals surface area (Å²) < 4.78 is 54.9. The lowest BCUT2D eigenvalue weighted by Crippen LogP contribution is -2.43. The van der Waals surface area contributed by atoms with Crippen molar-refractivity contribution < 1.29 is 25.2 Å². The van der Waals surface area contributed by atoms with Gasteiger partial charge >= 0.3 is 0 Å². The average molecular weight is 336 g/mol. The predicted octanol–water partition coefficient (Wildman–Crippen LogP) is 0.623. The Labute approximate surface area is 125 Å². The van der Waals surface area contributed by atoms with E-state index in [-0.39, 0.29) is 36.9 Å². The van der Waals surface area contributed by atoms with Gasteiger partial charge in [0.15, 0.2) is 0 Å². The van der Waals surface area contributed by atoms with Gasteiger partial charge in [-0.2, -0.15) is 16.8 Å². The number of allylic oxidation sites excluding steroid dienone is 2. The van der Waals surface area contributed by atoms with Crippen molar-refractivity contribution in [2.75, 3.05) is 25.7 Å². The van der Waals surface area contributed by atoms with Gasteiger partial charge in [0, 0.05) is 0 Å². The Balaban J connectivity index is 1.75. The summed E-state index contributed by atoms with van der Waals surface area (Å²) in [5.74, 6) is 1.75. The monoisotopic (exact) mass is 336 g/mol. The molecule has 2 bridgehead atoms. The molecular weight excluding hydrogens is 316 g/mol. The molecule has 0 heterocycles. The van der Waals surface area contributed by atoms with Crippen LogP contribution in [-0.4, -0.2) is 42.6 Å². The van der Waals surface area contributed by atoms with Crippen LogP contribution in [-0.2, 0) is 28.6 Å². The number of hydrogen-bond donors (Lipinski definition) is 0. The normalized spacial score (nSPS) is 41.0. The first-order valence-corrected chi connectivity index (χ1v) is 10.7. The van der Waals surface area contributed by atoms with E-state index in [9.17, 15) is 16.8 Å². The smallest absolute Gasteiger partial charge is 0.264 e. The molecule has 0 spiro atoms. The van der Waals surface area contributed by atoms with E-state index >= 15 is 0 Å². The van der Waals surface area contributed by atoms with E-state index in [0.717, 1.165) is 18.9 Å². The van der Waals surface area contributed by atoms with Crippen molar-refractivity contribution in [2.24, 2.45) is 35.5 Å². The topological polar surface area (TPSA) is 86.7 Å². The van der Waals surface area contributed by atoms with Crippen LogP contribution in [0.1, 0.15) is 6.42 Å². The van der Waals surface area contributed by atoms with Gasteiger partial charge in [-0.05, 0) is 41.9 Å². The molecule has 4 rings (SSSR count). The van der Waals surface area contributed by atoms with Gasteiger partial charge in [0.1, 0.15) is 0 Å². The molecule has 0 aromatic heterocycles. The summed E-state index contributed by atoms with van der Waals surface area (Å²) in [7, 11) is -6.99. The van der Waals surface area contributed by atoms with Crippen molar-refractivity contribution in [3.8, 4) is 0 Å². The largest absolute Gasteiger partial charge is 0.270 e. The van der Waals surface area contributed by atoms with Gasteiger partial charge < -0.3 is 0 Å². The van der Waals surface area contributed by atoms with Gasteiger partial charge in [-0.3, -0.25) is 8.37 Å². The van der Waals surface area contributed by atoms with Crippen molar-refractivity contribution in [2.45, 2.75) is 6.42 Å². The highest BCUT2D eigenvalue weighted by Crippen LogP contribution is 2.63. The van der Waals surface area contributed by atoms with Crippen molar-refractivity contribution in [3.05, 3.63) is 12.2 Å². The second-order valence-electron chi connectivity index (χ2n) is 6.41. The fourth-order valence-electron chi connectivity index (χ4n) is 4.03. The van der Waals surface area contributed by atoms with Crippen LogP contribution in [0.25, 0.3) is 0 Å². The van der Waals surface area contributed by atoms with Crippen molar-refractivity contribution in [3.63, 3.8) is 0 Å². The third kappa shape index (κ3) is 3.33. The molecule has 0 amide bonds. The number of rotatable bonds is 6. The molecule has 0 aromatic carbocycles. The van der Waals surface area contributed by atoms with Crippen LogP contribution < -0.4 is 0 Å². The standard InChI is InChI=1S/C13H20O6S2/c1-20(14,15)18-6-12-8-3-4-9(11-5-10(8)11)13(12)7-19-21(2,16)17/h3-4,8-13H,5-7H2,1-2H3/t8-,9+,10-,11-,12+,13+/m1/s1. The molecule has 120 valence electrons. The highest BCUT2D eigenvalue weighted by molar-refractivity contribution is 7.86. The molecule has 0 unspecified atom stereocenters. The third-order valence-corrected chi connectivity index (χ3v) is 6.05. The minimum atomic E-state index is -3.49. The molecular formula is C13H20O6S2. The van der Waals surface area contributed by atoms with E-state index in [1.165, 1.54) is 0 Å². The first kappa shape index (κ1) is 15.5. The Kier molecular flexibility index (Phi) is 3.71. The Bertz CT molecular complexity index is 594. The summed E-state index contributed by atoms with van der Waals surface area (Å²) in [6.07, 6.45) is 7.49. The van der Waals surface area contributed by atoms with Crippen LogP contribution in [0, 0.1) is 35.5 Å². The fourth-order valence-corrected chi connectivity index (χ4v) is 4.84. The molecule has 0 aromatic rings. The minimum Gasteiger partial charge on any atom is -0.270 e. The van der Waals surface area contributed by atoms with Crippen LogP contribution in [0.3, 0.4) is 0 Å². The van der Waals surface area contributed by atoms with E-state index in [4.69, 9.17) is 8.37 Å². The lowest BCUT2D eigenvalue weighted by molar-refractivity contribution is 0.0379. The summed E-state index contributed by atoms with van der Waals surface area (Å²) in [6, 6.07) is 0. The summed E-state index contributed by atoms with van der Waals surface area (Å²) in [4.78, 5) is 0. The molecule has 0 N–H and O–H groups in total. The summed E-state index contributed by atoms with van der Waals surface area (Å²) in [5, 5.41) is 0. The summed E-state index contributed by atoms with van der Waals surface area (Å²) in [5.41, 5.74) is 0. The molecule has 2 saturated carbocycles. The minimum absolute atomic E-state index is 0.000208. The Morgan fingerprint density at radius 1 is 0.857 bits per heavy atom. The fraction of sp³-hybridized carbons (Fsp3) is 0.846. The number of hydrogen-bond acceptors (Lipinski definition) is 6. The van der Waals surface area contributed by atoms with Gasteiger partial charge in [-0.1, -0.05) is 12.2 Å². The molecule has 6 atom stereocenters. The molecule has 4 aliphatic rings. The van der Waals surface area contributed by atoms with Crippen LogP contribution in [0.4, 0.5) is 0 Å². The lowest BCUT2D eigenvalue weighted by Gasteiger charge is -2.44. The van der Waals surface area contributed by atoms with E-state index < -0.39 is 20.2 Å². The second-order valence-corrected chi connectivity index (χ2v) is 9.70. The predicted molar refractivity (Wildman–Crippen MR) is 76.3 cm³/mol. The zero-order valence-corrected chi connectivity index (χ0v) is 13.6. The van der Waals surface area contributed by atoms with Crippen LogP contribution >= 0.6 is 0 Å². The molecule has 6 nitrogen and oxygen atoms in total. The molecule has 21 heavy (non-hydrogen) atoms. The van der Waals surface area contributed by atoms with E-state index in [1.54, 1.807) is 0 Å². The van der Waals surface area contributed by atoms with E-state index in [0.29, 0.717) is 11.8 Å². The first-order valence-electron chi connectivity index (χ1n) is 7.03. The van der Waals surface area contributed by atoms with Crippen LogP contribution in [0.5, 0.6) is 0 Å². The van der Waals surface area contributed by atoms with E-state index in [1.807, 2.05) is 0 Å². The molecule has 8 heteroatoms. The third-order valence-electron chi connectivity index (χ3n) is 4.92. The highest BCUT2D eigenvalue weighted by atomic mass is 32.2. The summed E-state index contributed by atoms with van der Waals surface area (Å²) >= 11 is 0.